The third-order valence-corrected chi connectivity index (χ3v) is 17.4. The molecule has 3 rings (SSSR count). The Kier molecular flexibility index (Phi) is 52.2. The normalized spacial score (nSPS) is 27.6. The van der Waals surface area contributed by atoms with Gasteiger partial charge < -0.3 is 89.9 Å². The van der Waals surface area contributed by atoms with Gasteiger partial charge in [-0.15, -0.1) is 0 Å². The predicted molar refractivity (Wildman–Crippen MR) is 387 cm³/mol. The molecule has 3 saturated heterocycles. The molecule has 3 aliphatic heterocycles. The number of rotatable bonds is 55. The number of unbranched alkanes of at least 4 members (excludes halogenated alkanes) is 17. The minimum atomic E-state index is -1.99. The van der Waals surface area contributed by atoms with Crippen molar-refractivity contribution in [2.75, 3.05) is 26.4 Å². The first-order valence-corrected chi connectivity index (χ1v) is 37.1. The second-order valence-corrected chi connectivity index (χ2v) is 25.7. The summed E-state index contributed by atoms with van der Waals surface area (Å²) < 4.78 is 34.3. The van der Waals surface area contributed by atoms with Gasteiger partial charge in [0.15, 0.2) is 18.9 Å². The van der Waals surface area contributed by atoms with Crippen LogP contribution in [0.4, 0.5) is 0 Å². The van der Waals surface area contributed by atoms with Crippen molar-refractivity contribution in [3.05, 3.63) is 146 Å². The van der Waals surface area contributed by atoms with Gasteiger partial charge in [-0.05, 0) is 103 Å². The average Bonchev–Trinajstić information content (AvgIpc) is 0.785. The fraction of sp³-hybridized carbons (Fsp3) is 0.684. The number of ether oxygens (including phenoxy) is 6. The summed E-state index contributed by atoms with van der Waals surface area (Å²) in [6.07, 6.45) is 56.8. The Morgan fingerprint density at radius 1 is 0.378 bits per heavy atom. The molecule has 1 amide bonds. The number of aliphatic hydroxyl groups excluding tert-OH is 11. The SMILES string of the molecule is CC/C=C\C/C=C\C/C=C\C/C=C\C/C=C\C/C=C\C/C=C\C/C=C\C/C=C\C/C=C\C/C=C\CCCCCCCC(=O)NC(COC1OC(CO)C(OC2OC(CO)C(OC3OC(CO)C(O)C(O)C3O)C(O)C2O)C(O)C1O)C(O)/C=C/CCCCCCCCCCCCCC. The van der Waals surface area contributed by atoms with Gasteiger partial charge in [-0.25, -0.2) is 0 Å². The van der Waals surface area contributed by atoms with Crippen LogP contribution in [0.3, 0.4) is 0 Å². The van der Waals surface area contributed by atoms with E-state index in [1.54, 1.807) is 6.08 Å². The second-order valence-electron chi connectivity index (χ2n) is 25.7. The molecule has 0 saturated carbocycles. The van der Waals surface area contributed by atoms with E-state index in [1.165, 1.54) is 57.8 Å². The molecule has 3 fully saturated rings. The summed E-state index contributed by atoms with van der Waals surface area (Å²) in [7, 11) is 0. The van der Waals surface area contributed by atoms with E-state index >= 15 is 0 Å². The molecule has 17 atom stereocenters. The highest BCUT2D eigenvalue weighted by atomic mass is 16.8. The van der Waals surface area contributed by atoms with Gasteiger partial charge in [0.2, 0.25) is 5.91 Å². The van der Waals surface area contributed by atoms with Gasteiger partial charge in [0, 0.05) is 6.42 Å². The van der Waals surface area contributed by atoms with E-state index in [0.717, 1.165) is 128 Å². The van der Waals surface area contributed by atoms with E-state index in [2.05, 4.69) is 153 Å². The van der Waals surface area contributed by atoms with Gasteiger partial charge in [0.25, 0.3) is 0 Å². The van der Waals surface area contributed by atoms with Crippen LogP contribution in [0.5, 0.6) is 0 Å². The Hall–Kier alpha value is -4.33. The predicted octanol–water partition coefficient (Wildman–Crippen LogP) is 11.1. The molecule has 3 aliphatic rings. The van der Waals surface area contributed by atoms with E-state index in [0.29, 0.717) is 6.42 Å². The van der Waals surface area contributed by atoms with Crippen LogP contribution in [-0.4, -0.2) is 193 Å². The van der Waals surface area contributed by atoms with Crippen molar-refractivity contribution < 1.29 is 89.4 Å². The summed E-state index contributed by atoms with van der Waals surface area (Å²) in [5, 5.41) is 120. The lowest BCUT2D eigenvalue weighted by Gasteiger charge is -2.48. The Morgan fingerprint density at radius 2 is 0.704 bits per heavy atom. The van der Waals surface area contributed by atoms with Gasteiger partial charge in [-0.2, -0.15) is 0 Å². The summed E-state index contributed by atoms with van der Waals surface area (Å²) in [4.78, 5) is 13.4. The van der Waals surface area contributed by atoms with Crippen molar-refractivity contribution in [2.24, 2.45) is 0 Å². The maximum atomic E-state index is 13.4. The zero-order valence-electron chi connectivity index (χ0n) is 59.2. The van der Waals surface area contributed by atoms with Crippen molar-refractivity contribution in [1.29, 1.82) is 0 Å². The maximum absolute atomic E-state index is 13.4. The lowest BCUT2D eigenvalue weighted by atomic mass is 9.96. The van der Waals surface area contributed by atoms with E-state index in [4.69, 9.17) is 28.4 Å². The Bertz CT molecular complexity index is 2340. The van der Waals surface area contributed by atoms with Crippen LogP contribution in [0.25, 0.3) is 0 Å². The van der Waals surface area contributed by atoms with Gasteiger partial charge in [-0.3, -0.25) is 4.79 Å². The Balaban J connectivity index is 1.36. The topological polar surface area (TPSA) is 307 Å². The number of hydrogen-bond donors (Lipinski definition) is 12. The molecule has 17 unspecified atom stereocenters. The standard InChI is InChI=1S/C79H129NO18/c1-3-5-7-9-11-13-15-17-19-20-21-22-23-24-25-26-27-28-29-30-31-32-33-34-35-36-37-38-39-40-41-42-43-45-47-49-51-53-55-57-67(85)80-62(63(84)56-54-52-50-48-46-44-18-16-14-12-10-8-6-4-2)61-93-77-73(91)70(88)75(65(59-82)95-77)98-79-74(92)71(89)76(66(60-83)96-79)97-78-72(90)69(87)68(86)64(58-81)94-78/h5,7,11,13,17,19,21-22,24-25,27-28,30-31,33-34,36-37,39-40,42-43,54,56,62-66,68-79,81-84,86-92H,3-4,6,8-10,12,14-16,18,20,23,26,29,32,35,38,41,44-53,55,57-61H2,1-2H3,(H,80,85)/b7-5-,13-11-,19-17-,22-21-,25-24-,28-27-,31-30-,34-33-,37-36-,40-39-,43-42-,56-54+. The van der Waals surface area contributed by atoms with Crippen LogP contribution < -0.4 is 5.32 Å². The fourth-order valence-electron chi connectivity index (χ4n) is 11.4. The van der Waals surface area contributed by atoms with Crippen molar-refractivity contribution >= 4 is 5.91 Å². The first-order valence-electron chi connectivity index (χ1n) is 37.1. The van der Waals surface area contributed by atoms with Crippen LogP contribution in [0.15, 0.2) is 146 Å². The summed E-state index contributed by atoms with van der Waals surface area (Å²) >= 11 is 0. The van der Waals surface area contributed by atoms with E-state index in [9.17, 15) is 61.0 Å². The third kappa shape index (κ3) is 38.6. The van der Waals surface area contributed by atoms with Crippen LogP contribution in [0.2, 0.25) is 0 Å². The summed E-state index contributed by atoms with van der Waals surface area (Å²) in [5.74, 6) is -0.301. The smallest absolute Gasteiger partial charge is 0.220 e. The van der Waals surface area contributed by atoms with E-state index in [-0.39, 0.29) is 18.9 Å². The largest absolute Gasteiger partial charge is 0.394 e. The lowest BCUT2D eigenvalue weighted by Crippen LogP contribution is -2.66. The quantitative estimate of drug-likeness (QED) is 0.0199. The molecule has 558 valence electrons. The first kappa shape index (κ1) is 87.9. The number of amides is 1. The molecule has 19 nitrogen and oxygen atoms in total. The number of nitrogens with one attached hydrogen (secondary N) is 1. The number of carbonyl (C=O) groups excluding carboxylic acids is 1. The summed E-state index contributed by atoms with van der Waals surface area (Å²) in [6, 6.07) is -0.994. The fourth-order valence-corrected chi connectivity index (χ4v) is 11.4. The molecule has 0 aromatic rings. The Labute approximate surface area is 587 Å². The van der Waals surface area contributed by atoms with Crippen molar-refractivity contribution in [3.8, 4) is 0 Å². The maximum Gasteiger partial charge on any atom is 0.220 e. The minimum absolute atomic E-state index is 0.211. The van der Waals surface area contributed by atoms with Gasteiger partial charge >= 0.3 is 0 Å². The highest BCUT2D eigenvalue weighted by Crippen LogP contribution is 2.33. The highest BCUT2D eigenvalue weighted by molar-refractivity contribution is 5.76. The molecule has 12 N–H and O–H groups in total. The molecule has 98 heavy (non-hydrogen) atoms. The molecule has 0 aliphatic carbocycles. The molecular formula is C79H129NO18. The van der Waals surface area contributed by atoms with Crippen LogP contribution in [-0.2, 0) is 33.2 Å². The van der Waals surface area contributed by atoms with Gasteiger partial charge in [-0.1, -0.05) is 250 Å². The van der Waals surface area contributed by atoms with Crippen molar-refractivity contribution in [2.45, 2.75) is 317 Å². The number of allylic oxidation sites excluding steroid dienone is 23. The van der Waals surface area contributed by atoms with Crippen LogP contribution >= 0.6 is 0 Å². The van der Waals surface area contributed by atoms with Crippen molar-refractivity contribution in [1.82, 2.24) is 5.32 Å². The van der Waals surface area contributed by atoms with Crippen molar-refractivity contribution in [3.63, 3.8) is 0 Å². The summed E-state index contributed by atoms with van der Waals surface area (Å²) in [5.41, 5.74) is 0. The molecule has 0 bridgehead atoms. The third-order valence-electron chi connectivity index (χ3n) is 17.4. The van der Waals surface area contributed by atoms with Crippen LogP contribution in [0.1, 0.15) is 213 Å². The Morgan fingerprint density at radius 3 is 1.10 bits per heavy atom. The zero-order valence-corrected chi connectivity index (χ0v) is 59.2. The monoisotopic (exact) mass is 1380 g/mol. The second kappa shape index (κ2) is 58.2. The molecule has 19 heteroatoms. The molecular weight excluding hydrogens is 1250 g/mol. The van der Waals surface area contributed by atoms with Gasteiger partial charge in [0.05, 0.1) is 38.6 Å². The average molecular weight is 1380 g/mol. The molecule has 3 heterocycles. The molecule has 0 aromatic heterocycles. The van der Waals surface area contributed by atoms with E-state index in [1.807, 2.05) is 6.08 Å². The number of carbonyl (C=O) groups is 1. The minimum Gasteiger partial charge on any atom is -0.394 e. The molecule has 0 radical (unpaired) electrons. The highest BCUT2D eigenvalue weighted by Gasteiger charge is 2.53. The number of hydrogen-bond acceptors (Lipinski definition) is 18. The molecule has 0 aromatic carbocycles. The lowest BCUT2D eigenvalue weighted by molar-refractivity contribution is -0.379. The number of aliphatic hydroxyl groups is 11. The molecule has 0 spiro atoms. The van der Waals surface area contributed by atoms with Gasteiger partial charge in [0.1, 0.15) is 73.2 Å². The van der Waals surface area contributed by atoms with E-state index < -0.39 is 124 Å². The zero-order chi connectivity index (χ0) is 71.1. The first-order chi connectivity index (χ1) is 47.8. The van der Waals surface area contributed by atoms with Crippen LogP contribution in [0, 0.1) is 0 Å². The summed E-state index contributed by atoms with van der Waals surface area (Å²) in [6.45, 7) is 1.57.